The molecular formula is C19H26Cl2N6. The van der Waals surface area contributed by atoms with Gasteiger partial charge in [0.15, 0.2) is 11.8 Å². The molecule has 1 aliphatic rings. The van der Waals surface area contributed by atoms with Crippen LogP contribution in [0, 0.1) is 6.92 Å². The molecule has 0 amide bonds. The monoisotopic (exact) mass is 408 g/mol. The first-order chi connectivity index (χ1) is 13.0. The van der Waals surface area contributed by atoms with Crippen LogP contribution in [0.3, 0.4) is 0 Å². The molecule has 1 saturated carbocycles. The van der Waals surface area contributed by atoms with Gasteiger partial charge >= 0.3 is 0 Å². The van der Waals surface area contributed by atoms with Crippen LogP contribution >= 0.6 is 23.2 Å². The lowest BCUT2D eigenvalue weighted by Gasteiger charge is -2.25. The molecule has 1 heterocycles. The van der Waals surface area contributed by atoms with Gasteiger partial charge in [-0.15, -0.1) is 10.2 Å². The van der Waals surface area contributed by atoms with Crippen LogP contribution in [0.1, 0.15) is 49.3 Å². The molecule has 0 saturated heterocycles. The minimum absolute atomic E-state index is 0.451. The van der Waals surface area contributed by atoms with Crippen molar-refractivity contribution >= 4 is 29.2 Å². The van der Waals surface area contributed by atoms with Crippen LogP contribution in [0.25, 0.3) is 0 Å². The molecule has 1 aromatic heterocycles. The summed E-state index contributed by atoms with van der Waals surface area (Å²) >= 11 is 12.3. The molecule has 1 fully saturated rings. The highest BCUT2D eigenvalue weighted by Gasteiger charge is 2.15. The second kappa shape index (κ2) is 9.42. The van der Waals surface area contributed by atoms with Crippen molar-refractivity contribution in [2.45, 2.75) is 58.2 Å². The normalized spacial score (nSPS) is 15.8. The number of guanidine groups is 1. The van der Waals surface area contributed by atoms with Crippen molar-refractivity contribution in [2.24, 2.45) is 12.0 Å². The minimum atomic E-state index is 0.451. The predicted molar refractivity (Wildman–Crippen MR) is 110 cm³/mol. The number of nitrogens with one attached hydrogen (secondary N) is 2. The maximum Gasteiger partial charge on any atom is 0.192 e. The highest BCUT2D eigenvalue weighted by atomic mass is 35.5. The van der Waals surface area contributed by atoms with Crippen molar-refractivity contribution in [1.82, 2.24) is 25.4 Å². The Balaban J connectivity index is 1.70. The summed E-state index contributed by atoms with van der Waals surface area (Å²) in [4.78, 5) is 4.74. The van der Waals surface area contributed by atoms with Crippen LogP contribution in [0.2, 0.25) is 10.0 Å². The van der Waals surface area contributed by atoms with E-state index in [0.29, 0.717) is 29.2 Å². The molecule has 8 heteroatoms. The Kier molecular flexibility index (Phi) is 6.96. The van der Waals surface area contributed by atoms with Crippen LogP contribution in [0.4, 0.5) is 0 Å². The summed E-state index contributed by atoms with van der Waals surface area (Å²) < 4.78 is 1.97. The smallest absolute Gasteiger partial charge is 0.192 e. The minimum Gasteiger partial charge on any atom is -0.354 e. The number of aryl methyl sites for hydroxylation is 1. The molecule has 1 aromatic carbocycles. The first-order valence-corrected chi connectivity index (χ1v) is 10.1. The van der Waals surface area contributed by atoms with Gasteiger partial charge in [0.1, 0.15) is 5.82 Å². The SMILES string of the molecule is Cc1nnc(CNC(=NCc2ccc(Cl)cc2Cl)NC2CCCCC2)n1C. The third kappa shape index (κ3) is 5.59. The predicted octanol–water partition coefficient (Wildman–Crippen LogP) is 4.00. The van der Waals surface area contributed by atoms with Gasteiger partial charge in [-0.25, -0.2) is 4.99 Å². The average molecular weight is 409 g/mol. The molecule has 0 spiro atoms. The van der Waals surface area contributed by atoms with Gasteiger partial charge in [0.2, 0.25) is 0 Å². The van der Waals surface area contributed by atoms with E-state index in [1.165, 1.54) is 32.1 Å². The van der Waals surface area contributed by atoms with Crippen molar-refractivity contribution in [3.05, 3.63) is 45.5 Å². The van der Waals surface area contributed by atoms with E-state index < -0.39 is 0 Å². The Morgan fingerprint density at radius 1 is 1.22 bits per heavy atom. The molecule has 3 rings (SSSR count). The molecule has 1 aliphatic carbocycles. The number of hydrogen-bond donors (Lipinski definition) is 2. The second-order valence-corrected chi connectivity index (χ2v) is 7.80. The molecule has 0 aliphatic heterocycles. The van der Waals surface area contributed by atoms with Gasteiger partial charge in [0, 0.05) is 23.1 Å². The summed E-state index contributed by atoms with van der Waals surface area (Å²) in [5.74, 6) is 2.53. The van der Waals surface area contributed by atoms with Crippen LogP contribution in [-0.4, -0.2) is 26.8 Å². The van der Waals surface area contributed by atoms with E-state index in [4.69, 9.17) is 28.2 Å². The molecule has 0 atom stereocenters. The maximum absolute atomic E-state index is 6.29. The summed E-state index contributed by atoms with van der Waals surface area (Å²) in [5, 5.41) is 16.5. The van der Waals surface area contributed by atoms with Gasteiger partial charge in [-0.3, -0.25) is 0 Å². The molecule has 0 bridgehead atoms. The Morgan fingerprint density at radius 3 is 2.67 bits per heavy atom. The zero-order valence-electron chi connectivity index (χ0n) is 15.8. The lowest BCUT2D eigenvalue weighted by Crippen LogP contribution is -2.44. The Bertz CT molecular complexity index is 795. The molecule has 0 unspecified atom stereocenters. The van der Waals surface area contributed by atoms with Gasteiger partial charge in [-0.1, -0.05) is 48.5 Å². The fraction of sp³-hybridized carbons (Fsp3) is 0.526. The highest BCUT2D eigenvalue weighted by Crippen LogP contribution is 2.22. The van der Waals surface area contributed by atoms with E-state index in [9.17, 15) is 0 Å². The number of hydrogen-bond acceptors (Lipinski definition) is 3. The zero-order chi connectivity index (χ0) is 19.2. The van der Waals surface area contributed by atoms with E-state index in [2.05, 4.69) is 20.8 Å². The van der Waals surface area contributed by atoms with Gasteiger partial charge in [0.25, 0.3) is 0 Å². The first kappa shape index (κ1) is 20.0. The summed E-state index contributed by atoms with van der Waals surface area (Å²) in [6.45, 7) is 2.98. The third-order valence-electron chi connectivity index (χ3n) is 4.97. The average Bonchev–Trinajstić information content (AvgIpc) is 2.98. The molecule has 6 nitrogen and oxygen atoms in total. The van der Waals surface area contributed by atoms with Crippen LogP contribution in [-0.2, 0) is 20.1 Å². The fourth-order valence-electron chi connectivity index (χ4n) is 3.17. The van der Waals surface area contributed by atoms with Gasteiger partial charge in [-0.05, 0) is 37.5 Å². The van der Waals surface area contributed by atoms with E-state index in [-0.39, 0.29) is 0 Å². The second-order valence-electron chi connectivity index (χ2n) is 6.96. The van der Waals surface area contributed by atoms with Crippen molar-refractivity contribution in [3.8, 4) is 0 Å². The standard InChI is InChI=1S/C19H26Cl2N6/c1-13-25-26-18(27(13)2)12-23-19(24-16-6-4-3-5-7-16)22-11-14-8-9-15(20)10-17(14)21/h8-10,16H,3-7,11-12H2,1-2H3,(H2,22,23,24). The van der Waals surface area contributed by atoms with Crippen LogP contribution < -0.4 is 10.6 Å². The van der Waals surface area contributed by atoms with Gasteiger partial charge in [-0.2, -0.15) is 0 Å². The number of benzene rings is 1. The summed E-state index contributed by atoms with van der Waals surface area (Å²) in [6.07, 6.45) is 6.18. The van der Waals surface area contributed by atoms with E-state index in [1.54, 1.807) is 6.07 Å². The van der Waals surface area contributed by atoms with E-state index in [0.717, 1.165) is 23.2 Å². The first-order valence-electron chi connectivity index (χ1n) is 9.36. The zero-order valence-corrected chi connectivity index (χ0v) is 17.3. The lowest BCUT2D eigenvalue weighted by atomic mass is 9.96. The molecule has 146 valence electrons. The third-order valence-corrected chi connectivity index (χ3v) is 5.55. The molecule has 27 heavy (non-hydrogen) atoms. The summed E-state index contributed by atoms with van der Waals surface area (Å²) in [5.41, 5.74) is 0.945. The number of nitrogens with zero attached hydrogens (tertiary/aromatic N) is 4. The lowest BCUT2D eigenvalue weighted by molar-refractivity contribution is 0.409. The number of rotatable bonds is 5. The molecule has 0 radical (unpaired) electrons. The van der Waals surface area contributed by atoms with E-state index in [1.807, 2.05) is 30.7 Å². The number of aliphatic imine (C=N–C) groups is 1. The van der Waals surface area contributed by atoms with Crippen molar-refractivity contribution in [3.63, 3.8) is 0 Å². The van der Waals surface area contributed by atoms with Gasteiger partial charge in [0.05, 0.1) is 13.1 Å². The van der Waals surface area contributed by atoms with Crippen LogP contribution in [0.5, 0.6) is 0 Å². The summed E-state index contributed by atoms with van der Waals surface area (Å²) in [7, 11) is 1.96. The van der Waals surface area contributed by atoms with Crippen molar-refractivity contribution < 1.29 is 0 Å². The number of aromatic nitrogens is 3. The highest BCUT2D eigenvalue weighted by molar-refractivity contribution is 6.35. The largest absolute Gasteiger partial charge is 0.354 e. The Labute approximate surface area is 170 Å². The molecule has 2 N–H and O–H groups in total. The topological polar surface area (TPSA) is 67.1 Å². The van der Waals surface area contributed by atoms with Crippen molar-refractivity contribution in [2.75, 3.05) is 0 Å². The van der Waals surface area contributed by atoms with E-state index >= 15 is 0 Å². The maximum atomic E-state index is 6.29. The number of halogens is 2. The quantitative estimate of drug-likeness (QED) is 0.579. The summed E-state index contributed by atoms with van der Waals surface area (Å²) in [6, 6.07) is 5.95. The Hall–Kier alpha value is -1.79. The Morgan fingerprint density at radius 2 is 2.00 bits per heavy atom. The van der Waals surface area contributed by atoms with Crippen LogP contribution in [0.15, 0.2) is 23.2 Å². The fourth-order valence-corrected chi connectivity index (χ4v) is 3.64. The van der Waals surface area contributed by atoms with Gasteiger partial charge < -0.3 is 15.2 Å². The molecule has 2 aromatic rings. The van der Waals surface area contributed by atoms with Crippen molar-refractivity contribution in [1.29, 1.82) is 0 Å². The molecular weight excluding hydrogens is 383 g/mol.